The molecule has 1 fully saturated rings. The monoisotopic (exact) mass is 374 g/mol. The maximum atomic E-state index is 12.9. The number of piperazine rings is 1. The van der Waals surface area contributed by atoms with Crippen LogP contribution in [-0.4, -0.2) is 44.4 Å². The number of carbonyl (C=O) groups is 1. The first-order valence-corrected chi connectivity index (χ1v) is 10.0. The van der Waals surface area contributed by atoms with Crippen LogP contribution >= 0.6 is 0 Å². The SMILES string of the molecule is CCOc1cccc(N2CCN(S(=O)(=O)c3ccccc3)C(C)C2=O)c1. The Morgan fingerprint density at radius 3 is 2.50 bits per heavy atom. The van der Waals surface area contributed by atoms with Gasteiger partial charge in [-0.25, -0.2) is 8.42 Å². The van der Waals surface area contributed by atoms with Crippen molar-refractivity contribution in [3.63, 3.8) is 0 Å². The van der Waals surface area contributed by atoms with Crippen LogP contribution in [0.5, 0.6) is 5.75 Å². The molecule has 2 aromatic carbocycles. The molecule has 26 heavy (non-hydrogen) atoms. The highest BCUT2D eigenvalue weighted by Gasteiger charge is 2.39. The van der Waals surface area contributed by atoms with E-state index in [1.54, 1.807) is 48.2 Å². The Kier molecular flexibility index (Phi) is 5.29. The van der Waals surface area contributed by atoms with E-state index in [1.165, 1.54) is 4.31 Å². The molecule has 0 aromatic heterocycles. The Balaban J connectivity index is 1.84. The molecule has 6 nitrogen and oxygen atoms in total. The first-order chi connectivity index (χ1) is 12.4. The molecule has 1 heterocycles. The molecule has 1 saturated heterocycles. The number of anilines is 1. The summed E-state index contributed by atoms with van der Waals surface area (Å²) in [6.45, 7) is 4.60. The van der Waals surface area contributed by atoms with Gasteiger partial charge in [-0.15, -0.1) is 0 Å². The van der Waals surface area contributed by atoms with Gasteiger partial charge in [0.25, 0.3) is 0 Å². The number of carbonyl (C=O) groups excluding carboxylic acids is 1. The summed E-state index contributed by atoms with van der Waals surface area (Å²) in [5.74, 6) is 0.439. The maximum absolute atomic E-state index is 12.9. The van der Waals surface area contributed by atoms with Gasteiger partial charge in [0.15, 0.2) is 0 Å². The van der Waals surface area contributed by atoms with Gasteiger partial charge in [0, 0.05) is 24.8 Å². The smallest absolute Gasteiger partial charge is 0.245 e. The van der Waals surface area contributed by atoms with Gasteiger partial charge in [-0.2, -0.15) is 4.31 Å². The molecule has 1 unspecified atom stereocenters. The third kappa shape index (κ3) is 3.45. The van der Waals surface area contributed by atoms with Crippen LogP contribution in [-0.2, 0) is 14.8 Å². The molecular weight excluding hydrogens is 352 g/mol. The zero-order valence-corrected chi connectivity index (χ0v) is 15.6. The van der Waals surface area contributed by atoms with Gasteiger partial charge < -0.3 is 9.64 Å². The van der Waals surface area contributed by atoms with E-state index in [4.69, 9.17) is 4.74 Å². The first kappa shape index (κ1) is 18.4. The number of hydrogen-bond donors (Lipinski definition) is 0. The quantitative estimate of drug-likeness (QED) is 0.807. The van der Waals surface area contributed by atoms with E-state index in [0.29, 0.717) is 24.6 Å². The van der Waals surface area contributed by atoms with Crippen molar-refractivity contribution in [2.24, 2.45) is 0 Å². The fourth-order valence-corrected chi connectivity index (χ4v) is 4.67. The number of rotatable bonds is 5. The molecule has 0 saturated carbocycles. The summed E-state index contributed by atoms with van der Waals surface area (Å²) in [5.41, 5.74) is 0.713. The normalized spacial score (nSPS) is 18.8. The van der Waals surface area contributed by atoms with E-state index in [9.17, 15) is 13.2 Å². The lowest BCUT2D eigenvalue weighted by Crippen LogP contribution is -2.57. The van der Waals surface area contributed by atoms with E-state index >= 15 is 0 Å². The first-order valence-electron chi connectivity index (χ1n) is 8.56. The van der Waals surface area contributed by atoms with E-state index in [0.717, 1.165) is 0 Å². The molecule has 0 aliphatic carbocycles. The Bertz CT molecular complexity index is 883. The molecule has 1 aliphatic heterocycles. The highest BCUT2D eigenvalue weighted by molar-refractivity contribution is 7.89. The second-order valence-corrected chi connectivity index (χ2v) is 7.92. The number of hydrogen-bond acceptors (Lipinski definition) is 4. The van der Waals surface area contributed by atoms with Gasteiger partial charge in [-0.1, -0.05) is 24.3 Å². The molecule has 1 aliphatic rings. The molecule has 1 amide bonds. The molecule has 0 spiro atoms. The molecule has 0 N–H and O–H groups in total. The number of sulfonamides is 1. The number of amides is 1. The van der Waals surface area contributed by atoms with Gasteiger partial charge in [-0.05, 0) is 38.1 Å². The predicted molar refractivity (Wildman–Crippen MR) is 99.8 cm³/mol. The van der Waals surface area contributed by atoms with E-state index in [2.05, 4.69) is 0 Å². The molecular formula is C19H22N2O4S. The van der Waals surface area contributed by atoms with Crippen molar-refractivity contribution in [3.8, 4) is 5.75 Å². The number of nitrogens with zero attached hydrogens (tertiary/aromatic N) is 2. The van der Waals surface area contributed by atoms with Gasteiger partial charge in [0.05, 0.1) is 11.5 Å². The summed E-state index contributed by atoms with van der Waals surface area (Å²) < 4.78 is 32.5. The van der Waals surface area contributed by atoms with Crippen LogP contribution < -0.4 is 9.64 Å². The molecule has 1 atom stereocenters. The minimum absolute atomic E-state index is 0.200. The third-order valence-electron chi connectivity index (χ3n) is 4.39. The topological polar surface area (TPSA) is 66.9 Å². The van der Waals surface area contributed by atoms with Crippen LogP contribution in [0.2, 0.25) is 0 Å². The van der Waals surface area contributed by atoms with Crippen LogP contribution in [0.1, 0.15) is 13.8 Å². The lowest BCUT2D eigenvalue weighted by molar-refractivity contribution is -0.123. The Morgan fingerprint density at radius 2 is 1.81 bits per heavy atom. The van der Waals surface area contributed by atoms with E-state index in [-0.39, 0.29) is 17.3 Å². The lowest BCUT2D eigenvalue weighted by atomic mass is 10.2. The molecule has 138 valence electrons. The molecule has 0 bridgehead atoms. The highest BCUT2D eigenvalue weighted by Crippen LogP contribution is 2.27. The number of ether oxygens (including phenoxy) is 1. The fourth-order valence-electron chi connectivity index (χ4n) is 3.07. The summed E-state index contributed by atoms with van der Waals surface area (Å²) in [6.07, 6.45) is 0. The Hall–Kier alpha value is -2.38. The van der Waals surface area contributed by atoms with Gasteiger partial charge in [0.2, 0.25) is 15.9 Å². The lowest BCUT2D eigenvalue weighted by Gasteiger charge is -2.38. The zero-order valence-electron chi connectivity index (χ0n) is 14.8. The Morgan fingerprint density at radius 1 is 1.08 bits per heavy atom. The summed E-state index contributed by atoms with van der Waals surface area (Å²) in [6, 6.07) is 14.7. The number of benzene rings is 2. The summed E-state index contributed by atoms with van der Waals surface area (Å²) >= 11 is 0. The second-order valence-electron chi connectivity index (χ2n) is 6.03. The van der Waals surface area contributed by atoms with Crippen molar-refractivity contribution in [2.45, 2.75) is 24.8 Å². The van der Waals surface area contributed by atoms with Crippen LogP contribution in [0.3, 0.4) is 0 Å². The van der Waals surface area contributed by atoms with Crippen LogP contribution in [0, 0.1) is 0 Å². The minimum Gasteiger partial charge on any atom is -0.494 e. The molecule has 7 heteroatoms. The van der Waals surface area contributed by atoms with E-state index in [1.807, 2.05) is 25.1 Å². The standard InChI is InChI=1S/C19H22N2O4S/c1-3-25-17-9-7-8-16(14-17)20-12-13-21(15(2)19(20)22)26(23,24)18-10-5-4-6-11-18/h4-11,14-15H,3,12-13H2,1-2H3. The molecule has 3 rings (SSSR count). The average molecular weight is 374 g/mol. The maximum Gasteiger partial charge on any atom is 0.245 e. The Labute approximate surface area is 154 Å². The van der Waals surface area contributed by atoms with Gasteiger partial charge in [0.1, 0.15) is 11.8 Å². The summed E-state index contributed by atoms with van der Waals surface area (Å²) in [5, 5.41) is 0. The zero-order chi connectivity index (χ0) is 18.7. The summed E-state index contributed by atoms with van der Waals surface area (Å²) in [4.78, 5) is 14.7. The predicted octanol–water partition coefficient (Wildman–Crippen LogP) is 2.51. The fraction of sp³-hybridized carbons (Fsp3) is 0.316. The third-order valence-corrected chi connectivity index (χ3v) is 6.37. The van der Waals surface area contributed by atoms with Crippen molar-refractivity contribution in [1.82, 2.24) is 4.31 Å². The van der Waals surface area contributed by atoms with Crippen molar-refractivity contribution in [3.05, 3.63) is 54.6 Å². The van der Waals surface area contributed by atoms with Crippen LogP contribution in [0.25, 0.3) is 0 Å². The van der Waals surface area contributed by atoms with Crippen molar-refractivity contribution < 1.29 is 17.9 Å². The average Bonchev–Trinajstić information content (AvgIpc) is 2.65. The molecule has 0 radical (unpaired) electrons. The van der Waals surface area contributed by atoms with Crippen LogP contribution in [0.4, 0.5) is 5.69 Å². The highest BCUT2D eigenvalue weighted by atomic mass is 32.2. The van der Waals surface area contributed by atoms with Crippen LogP contribution in [0.15, 0.2) is 59.5 Å². The van der Waals surface area contributed by atoms with Crippen molar-refractivity contribution >= 4 is 21.6 Å². The minimum atomic E-state index is -3.71. The van der Waals surface area contributed by atoms with E-state index < -0.39 is 16.1 Å². The van der Waals surface area contributed by atoms with Crippen molar-refractivity contribution in [1.29, 1.82) is 0 Å². The molecule has 2 aromatic rings. The summed E-state index contributed by atoms with van der Waals surface area (Å²) in [7, 11) is -3.71. The van der Waals surface area contributed by atoms with Gasteiger partial charge in [-0.3, -0.25) is 4.79 Å². The second kappa shape index (κ2) is 7.47. The van der Waals surface area contributed by atoms with Gasteiger partial charge >= 0.3 is 0 Å². The largest absolute Gasteiger partial charge is 0.494 e. The van der Waals surface area contributed by atoms with Crippen molar-refractivity contribution in [2.75, 3.05) is 24.6 Å².